The molecule has 0 unspecified atom stereocenters. The average molecular weight is 239 g/mol. The number of benzene rings is 1. The molecule has 1 aromatic carbocycles. The van der Waals surface area contributed by atoms with Gasteiger partial charge in [0.05, 0.1) is 0 Å². The lowest BCUT2D eigenvalue weighted by Gasteiger charge is -1.85. The second-order valence-electron chi connectivity index (χ2n) is 1.99. The largest absolute Gasteiger partial charge is 0.317 e. The number of hydrogen-bond acceptors (Lipinski definition) is 2. The lowest BCUT2D eigenvalue weighted by Crippen LogP contribution is -1.63. The Balaban J connectivity index is 0.000000252. The fourth-order valence-electron chi connectivity index (χ4n) is 0.589. The van der Waals surface area contributed by atoms with E-state index in [1.54, 1.807) is 0 Å². The predicted octanol–water partition coefficient (Wildman–Crippen LogP) is 3.04. The fraction of sp³-hybridized carbons (Fsp3) is 0. The Morgan fingerprint density at radius 1 is 1.15 bits per heavy atom. The molecule has 0 aliphatic carbocycles. The van der Waals surface area contributed by atoms with Crippen molar-refractivity contribution in [2.45, 2.75) is 0 Å². The van der Waals surface area contributed by atoms with Gasteiger partial charge in [0.25, 0.3) is 0 Å². The van der Waals surface area contributed by atoms with Crippen molar-refractivity contribution in [1.29, 1.82) is 0 Å². The zero-order valence-corrected chi connectivity index (χ0v) is 8.98. The minimum absolute atomic E-state index is 1.17. The summed E-state index contributed by atoms with van der Waals surface area (Å²) in [4.78, 5) is 0. The maximum Gasteiger partial charge on any atom is 0.317 e. The lowest BCUT2D eigenvalue weighted by atomic mass is 10.2. The van der Waals surface area contributed by atoms with Crippen LogP contribution in [0, 0.1) is 0 Å². The monoisotopic (exact) mass is 238 g/mol. The first-order valence-electron chi connectivity index (χ1n) is 3.25. The Hall–Kier alpha value is -0.510. The van der Waals surface area contributed by atoms with E-state index < -0.39 is 8.26 Å². The van der Waals surface area contributed by atoms with E-state index in [1.807, 2.05) is 36.4 Å². The van der Waals surface area contributed by atoms with Crippen molar-refractivity contribution in [3.8, 4) is 0 Å². The Kier molecular flexibility index (Phi) is 5.79. The van der Waals surface area contributed by atoms with E-state index in [4.69, 9.17) is 8.42 Å². The number of rotatable bonds is 1. The molecule has 0 fully saturated rings. The minimum atomic E-state index is -3.72. The lowest BCUT2D eigenvalue weighted by molar-refractivity contribution is 0.621. The molecule has 13 heavy (non-hydrogen) atoms. The van der Waals surface area contributed by atoms with Crippen molar-refractivity contribution in [3.05, 3.63) is 42.5 Å². The van der Waals surface area contributed by atoms with Crippen LogP contribution >= 0.6 is 21.4 Å². The Morgan fingerprint density at radius 3 is 1.77 bits per heavy atom. The molecule has 1 rings (SSSR count). The number of halogens is 2. The molecule has 0 aromatic heterocycles. The third-order valence-corrected chi connectivity index (χ3v) is 1.04. The highest BCUT2D eigenvalue weighted by Gasteiger charge is 1.88. The van der Waals surface area contributed by atoms with Crippen molar-refractivity contribution in [1.82, 2.24) is 0 Å². The van der Waals surface area contributed by atoms with Crippen LogP contribution < -0.4 is 0 Å². The van der Waals surface area contributed by atoms with E-state index in [9.17, 15) is 0 Å². The van der Waals surface area contributed by atoms with Gasteiger partial charge in [0, 0.05) is 21.4 Å². The van der Waals surface area contributed by atoms with Crippen LogP contribution in [0.2, 0.25) is 0 Å². The summed E-state index contributed by atoms with van der Waals surface area (Å²) in [6.45, 7) is 3.63. The molecule has 0 heterocycles. The molecule has 0 aliphatic heterocycles. The van der Waals surface area contributed by atoms with Crippen LogP contribution in [0.25, 0.3) is 6.08 Å². The zero-order valence-electron chi connectivity index (χ0n) is 6.65. The summed E-state index contributed by atoms with van der Waals surface area (Å²) in [6, 6.07) is 10.0. The molecular formula is C8H8Cl2O2S. The quantitative estimate of drug-likeness (QED) is 0.706. The summed E-state index contributed by atoms with van der Waals surface area (Å²) < 4.78 is 18.3. The molecule has 2 nitrogen and oxygen atoms in total. The van der Waals surface area contributed by atoms with Crippen LogP contribution in [-0.2, 0) is 8.26 Å². The van der Waals surface area contributed by atoms with Crippen molar-refractivity contribution >= 4 is 35.7 Å². The van der Waals surface area contributed by atoms with Crippen LogP contribution in [0.15, 0.2) is 36.9 Å². The van der Waals surface area contributed by atoms with Crippen LogP contribution in [0.3, 0.4) is 0 Å². The van der Waals surface area contributed by atoms with E-state index in [-0.39, 0.29) is 0 Å². The molecule has 5 heteroatoms. The first kappa shape index (κ1) is 12.5. The summed E-state index contributed by atoms with van der Waals surface area (Å²) in [6.07, 6.45) is 1.83. The van der Waals surface area contributed by atoms with Gasteiger partial charge >= 0.3 is 8.26 Å². The highest BCUT2D eigenvalue weighted by atomic mass is 36.0. The summed E-state index contributed by atoms with van der Waals surface area (Å²) in [5.74, 6) is 0. The second kappa shape index (κ2) is 6.02. The molecule has 0 saturated carbocycles. The molecule has 0 bridgehead atoms. The van der Waals surface area contributed by atoms with Gasteiger partial charge in [-0.05, 0) is 5.56 Å². The number of hydrogen-bond donors (Lipinski definition) is 0. The third-order valence-electron chi connectivity index (χ3n) is 1.04. The molecular weight excluding hydrogens is 231 g/mol. The molecule has 0 aliphatic rings. The molecule has 0 spiro atoms. The first-order valence-corrected chi connectivity index (χ1v) is 6.39. The van der Waals surface area contributed by atoms with Crippen molar-refractivity contribution in [3.63, 3.8) is 0 Å². The highest BCUT2D eigenvalue weighted by molar-refractivity contribution is 8.31. The molecule has 0 N–H and O–H groups in total. The normalized spacial score (nSPS) is 9.69. The van der Waals surface area contributed by atoms with Crippen LogP contribution in [0.1, 0.15) is 5.56 Å². The Morgan fingerprint density at radius 2 is 1.54 bits per heavy atom. The summed E-state index contributed by atoms with van der Waals surface area (Å²) in [7, 11) is 4.81. The van der Waals surface area contributed by atoms with Gasteiger partial charge in [0.15, 0.2) is 0 Å². The molecule has 0 amide bonds. The minimum Gasteiger partial charge on any atom is -0.195 e. The van der Waals surface area contributed by atoms with Crippen molar-refractivity contribution in [2.75, 3.05) is 0 Å². The highest BCUT2D eigenvalue weighted by Crippen LogP contribution is 1.98. The third kappa shape index (κ3) is 11.5. The van der Waals surface area contributed by atoms with Gasteiger partial charge in [-0.25, -0.2) is 0 Å². The van der Waals surface area contributed by atoms with Gasteiger partial charge in [-0.3, -0.25) is 0 Å². The Bertz CT molecular complexity index is 338. The van der Waals surface area contributed by atoms with Gasteiger partial charge in [-0.15, -0.1) is 0 Å². The molecule has 1 aromatic rings. The first-order chi connectivity index (χ1) is 5.93. The van der Waals surface area contributed by atoms with Crippen molar-refractivity contribution < 1.29 is 8.42 Å². The SMILES string of the molecule is C=Cc1ccccc1.O=S(=O)(Cl)Cl. The van der Waals surface area contributed by atoms with E-state index in [0.29, 0.717) is 0 Å². The van der Waals surface area contributed by atoms with Gasteiger partial charge in [0.2, 0.25) is 0 Å². The van der Waals surface area contributed by atoms with E-state index in [1.165, 1.54) is 5.56 Å². The summed E-state index contributed by atoms with van der Waals surface area (Å²) in [5, 5.41) is 0. The summed E-state index contributed by atoms with van der Waals surface area (Å²) in [5.41, 5.74) is 1.17. The second-order valence-corrected chi connectivity index (χ2v) is 5.66. The molecule has 0 saturated heterocycles. The van der Waals surface area contributed by atoms with Crippen molar-refractivity contribution in [2.24, 2.45) is 0 Å². The smallest absolute Gasteiger partial charge is 0.195 e. The molecule has 72 valence electrons. The molecule has 0 radical (unpaired) electrons. The van der Waals surface area contributed by atoms with E-state index in [0.717, 1.165) is 0 Å². The van der Waals surface area contributed by atoms with E-state index >= 15 is 0 Å². The van der Waals surface area contributed by atoms with Crippen LogP contribution in [0.4, 0.5) is 0 Å². The standard InChI is InChI=1S/C8H8.Cl2O2S/c1-2-8-6-4-3-5-7-8;1-5(2,3)4/h2-7H,1H2;. The Labute approximate surface area is 86.7 Å². The van der Waals surface area contributed by atoms with Gasteiger partial charge in [-0.1, -0.05) is 43.0 Å². The predicted molar refractivity (Wildman–Crippen MR) is 57.2 cm³/mol. The average Bonchev–Trinajstić information content (AvgIpc) is 2.03. The van der Waals surface area contributed by atoms with Crippen LogP contribution in [0.5, 0.6) is 0 Å². The topological polar surface area (TPSA) is 34.1 Å². The maximum atomic E-state index is 9.16. The fourth-order valence-corrected chi connectivity index (χ4v) is 0.589. The maximum absolute atomic E-state index is 9.16. The molecule has 0 atom stereocenters. The zero-order chi connectivity index (χ0) is 10.3. The van der Waals surface area contributed by atoms with Crippen LogP contribution in [-0.4, -0.2) is 8.42 Å². The van der Waals surface area contributed by atoms with Gasteiger partial charge in [-0.2, -0.15) is 8.42 Å². The van der Waals surface area contributed by atoms with E-state index in [2.05, 4.69) is 27.9 Å². The summed E-state index contributed by atoms with van der Waals surface area (Å²) >= 11 is 0. The van der Waals surface area contributed by atoms with Gasteiger partial charge in [0.1, 0.15) is 0 Å². The van der Waals surface area contributed by atoms with Gasteiger partial charge < -0.3 is 0 Å².